The number of halogens is 1. The molecule has 0 aliphatic rings. The van der Waals surface area contributed by atoms with E-state index >= 15 is 0 Å². The summed E-state index contributed by atoms with van der Waals surface area (Å²) in [6.07, 6.45) is 0. The van der Waals surface area contributed by atoms with Crippen molar-refractivity contribution in [2.24, 2.45) is 0 Å². The average Bonchev–Trinajstić information content (AvgIpc) is 2.74. The van der Waals surface area contributed by atoms with Crippen LogP contribution in [0.2, 0.25) is 5.02 Å². The van der Waals surface area contributed by atoms with Gasteiger partial charge in [-0.2, -0.15) is 0 Å². The number of carbonyl (C=O) groups excluding carboxylic acids is 1. The lowest BCUT2D eigenvalue weighted by molar-refractivity contribution is -0.384. The number of nitrogens with one attached hydrogen (secondary N) is 1. The molecular weight excluding hydrogens is 414 g/mol. The minimum absolute atomic E-state index is 0.0917. The average molecular weight is 432 g/mol. The van der Waals surface area contributed by atoms with E-state index in [-0.39, 0.29) is 11.6 Å². The Hall–Kier alpha value is -3.77. The summed E-state index contributed by atoms with van der Waals surface area (Å²) in [7, 11) is 0. The van der Waals surface area contributed by atoms with E-state index in [4.69, 9.17) is 16.6 Å². The summed E-state index contributed by atoms with van der Waals surface area (Å²) >= 11 is 6.01. The first kappa shape index (κ1) is 20.5. The fourth-order valence-electron chi connectivity index (χ4n) is 3.53. The number of amides is 1. The minimum Gasteiger partial charge on any atom is -0.322 e. The van der Waals surface area contributed by atoms with Crippen molar-refractivity contribution in [1.82, 2.24) is 4.98 Å². The number of rotatable bonds is 4. The normalized spacial score (nSPS) is 10.8. The second-order valence-corrected chi connectivity index (χ2v) is 7.74. The van der Waals surface area contributed by atoms with Crippen LogP contribution >= 0.6 is 11.6 Å². The molecule has 1 aromatic heterocycles. The Morgan fingerprint density at radius 2 is 1.77 bits per heavy atom. The van der Waals surface area contributed by atoms with E-state index in [0.717, 1.165) is 27.6 Å². The number of aryl methyl sites for hydroxylation is 2. The number of nitrogens with zero attached hydrogens (tertiary/aromatic N) is 2. The Morgan fingerprint density at radius 3 is 2.48 bits per heavy atom. The van der Waals surface area contributed by atoms with Gasteiger partial charge < -0.3 is 5.32 Å². The topological polar surface area (TPSA) is 85.1 Å². The summed E-state index contributed by atoms with van der Waals surface area (Å²) in [6.45, 7) is 3.91. The second kappa shape index (κ2) is 8.16. The Labute approximate surface area is 183 Å². The van der Waals surface area contributed by atoms with E-state index in [1.54, 1.807) is 24.3 Å². The fraction of sp³-hybridized carbons (Fsp3) is 0.0833. The fourth-order valence-corrected chi connectivity index (χ4v) is 3.66. The SMILES string of the molecule is Cc1cc(C)c2nc(-c3ccc(Cl)cc3)cc(C(=O)Nc3cccc([N+](=O)[O-])c3)c2c1. The molecule has 0 unspecified atom stereocenters. The number of carbonyl (C=O) groups is 1. The van der Waals surface area contributed by atoms with E-state index in [2.05, 4.69) is 5.32 Å². The van der Waals surface area contributed by atoms with Gasteiger partial charge >= 0.3 is 0 Å². The molecule has 0 aliphatic heterocycles. The van der Waals surface area contributed by atoms with Crippen LogP contribution in [0.1, 0.15) is 21.5 Å². The number of aromatic nitrogens is 1. The summed E-state index contributed by atoms with van der Waals surface area (Å²) in [6, 6.07) is 18.8. The summed E-state index contributed by atoms with van der Waals surface area (Å²) in [5, 5.41) is 15.2. The van der Waals surface area contributed by atoms with Crippen molar-refractivity contribution in [2.45, 2.75) is 13.8 Å². The highest BCUT2D eigenvalue weighted by molar-refractivity contribution is 6.30. The first-order valence-corrected chi connectivity index (χ1v) is 9.93. The predicted octanol–water partition coefficient (Wildman–Crippen LogP) is 6.33. The summed E-state index contributed by atoms with van der Waals surface area (Å²) in [4.78, 5) is 28.6. The van der Waals surface area contributed by atoms with Gasteiger partial charge in [-0.15, -0.1) is 0 Å². The van der Waals surface area contributed by atoms with Crippen molar-refractivity contribution >= 4 is 39.8 Å². The molecule has 1 amide bonds. The molecule has 0 aliphatic carbocycles. The van der Waals surface area contributed by atoms with E-state index in [1.165, 1.54) is 18.2 Å². The molecule has 0 saturated carbocycles. The number of hydrogen-bond acceptors (Lipinski definition) is 4. The van der Waals surface area contributed by atoms with Crippen molar-refractivity contribution in [3.05, 3.63) is 98.6 Å². The highest BCUT2D eigenvalue weighted by atomic mass is 35.5. The molecule has 0 radical (unpaired) electrons. The number of nitro groups is 1. The van der Waals surface area contributed by atoms with Gasteiger partial charge in [0.2, 0.25) is 0 Å². The van der Waals surface area contributed by atoms with Crippen LogP contribution in [-0.2, 0) is 0 Å². The summed E-state index contributed by atoms with van der Waals surface area (Å²) in [5.74, 6) is -0.367. The molecule has 0 fully saturated rings. The smallest absolute Gasteiger partial charge is 0.271 e. The van der Waals surface area contributed by atoms with Gasteiger partial charge in [0, 0.05) is 33.8 Å². The number of hydrogen-bond donors (Lipinski definition) is 1. The molecule has 0 bridgehead atoms. The zero-order chi connectivity index (χ0) is 22.1. The standard InChI is InChI=1S/C24H18ClN3O3/c1-14-10-15(2)23-20(11-14)21(13-22(27-23)16-6-8-17(25)9-7-16)24(29)26-18-4-3-5-19(12-18)28(30)31/h3-13H,1-2H3,(H,26,29). The number of pyridine rings is 1. The van der Waals surface area contributed by atoms with E-state index < -0.39 is 4.92 Å². The van der Waals surface area contributed by atoms with Crippen molar-refractivity contribution in [1.29, 1.82) is 0 Å². The monoisotopic (exact) mass is 431 g/mol. The highest BCUT2D eigenvalue weighted by Crippen LogP contribution is 2.29. The Morgan fingerprint density at radius 1 is 1.03 bits per heavy atom. The molecule has 1 heterocycles. The maximum absolute atomic E-state index is 13.2. The third-order valence-electron chi connectivity index (χ3n) is 4.95. The predicted molar refractivity (Wildman–Crippen MR) is 123 cm³/mol. The number of benzene rings is 3. The van der Waals surface area contributed by atoms with Gasteiger partial charge in [-0.1, -0.05) is 41.4 Å². The van der Waals surface area contributed by atoms with Gasteiger partial charge in [0.25, 0.3) is 11.6 Å². The lowest BCUT2D eigenvalue weighted by Crippen LogP contribution is -2.13. The summed E-state index contributed by atoms with van der Waals surface area (Å²) in [5.41, 5.74) is 4.85. The van der Waals surface area contributed by atoms with Crippen molar-refractivity contribution in [2.75, 3.05) is 5.32 Å². The van der Waals surface area contributed by atoms with Gasteiger partial charge in [-0.05, 0) is 49.7 Å². The summed E-state index contributed by atoms with van der Waals surface area (Å²) < 4.78 is 0. The van der Waals surface area contributed by atoms with Gasteiger partial charge in [-0.25, -0.2) is 4.98 Å². The third-order valence-corrected chi connectivity index (χ3v) is 5.20. The molecular formula is C24H18ClN3O3. The molecule has 3 aromatic carbocycles. The molecule has 7 heteroatoms. The number of non-ortho nitro benzene ring substituents is 1. The lowest BCUT2D eigenvalue weighted by atomic mass is 9.99. The third kappa shape index (κ3) is 4.25. The van der Waals surface area contributed by atoms with Gasteiger partial charge in [-0.3, -0.25) is 14.9 Å². The lowest BCUT2D eigenvalue weighted by Gasteiger charge is -2.13. The zero-order valence-electron chi connectivity index (χ0n) is 16.8. The quantitative estimate of drug-likeness (QED) is 0.302. The van der Waals surface area contributed by atoms with Crippen LogP contribution in [0, 0.1) is 24.0 Å². The van der Waals surface area contributed by atoms with Crippen LogP contribution in [-0.4, -0.2) is 15.8 Å². The Bertz CT molecular complexity index is 1330. The Kier molecular flexibility index (Phi) is 5.40. The first-order valence-electron chi connectivity index (χ1n) is 9.55. The molecule has 0 spiro atoms. The van der Waals surface area contributed by atoms with Crippen molar-refractivity contribution < 1.29 is 9.72 Å². The van der Waals surface area contributed by atoms with Crippen LogP contribution in [0.25, 0.3) is 22.2 Å². The van der Waals surface area contributed by atoms with Crippen LogP contribution < -0.4 is 5.32 Å². The van der Waals surface area contributed by atoms with Gasteiger partial charge in [0.15, 0.2) is 0 Å². The maximum Gasteiger partial charge on any atom is 0.271 e. The molecule has 6 nitrogen and oxygen atoms in total. The number of fused-ring (bicyclic) bond motifs is 1. The molecule has 0 atom stereocenters. The molecule has 154 valence electrons. The number of anilines is 1. The first-order chi connectivity index (χ1) is 14.8. The van der Waals surface area contributed by atoms with Crippen LogP contribution in [0.3, 0.4) is 0 Å². The maximum atomic E-state index is 13.2. The molecule has 4 aromatic rings. The molecule has 4 rings (SSSR count). The Balaban J connectivity index is 1.85. The van der Waals surface area contributed by atoms with Gasteiger partial charge in [0.1, 0.15) is 0 Å². The minimum atomic E-state index is -0.497. The molecule has 31 heavy (non-hydrogen) atoms. The van der Waals surface area contributed by atoms with Crippen molar-refractivity contribution in [3.63, 3.8) is 0 Å². The van der Waals surface area contributed by atoms with Crippen molar-refractivity contribution in [3.8, 4) is 11.3 Å². The highest BCUT2D eigenvalue weighted by Gasteiger charge is 2.17. The zero-order valence-corrected chi connectivity index (χ0v) is 17.6. The molecule has 0 saturated heterocycles. The van der Waals surface area contributed by atoms with E-state index in [1.807, 2.05) is 38.1 Å². The van der Waals surface area contributed by atoms with E-state index in [0.29, 0.717) is 22.0 Å². The van der Waals surface area contributed by atoms with Crippen LogP contribution in [0.4, 0.5) is 11.4 Å². The largest absolute Gasteiger partial charge is 0.322 e. The van der Waals surface area contributed by atoms with Crippen LogP contribution in [0.5, 0.6) is 0 Å². The van der Waals surface area contributed by atoms with Crippen LogP contribution in [0.15, 0.2) is 66.7 Å². The van der Waals surface area contributed by atoms with E-state index in [9.17, 15) is 14.9 Å². The van der Waals surface area contributed by atoms with Gasteiger partial charge in [0.05, 0.1) is 21.7 Å². The second-order valence-electron chi connectivity index (χ2n) is 7.30. The number of nitro benzene ring substituents is 1. The molecule has 1 N–H and O–H groups in total.